The maximum absolute atomic E-state index is 11.3. The Morgan fingerprint density at radius 2 is 2.07 bits per heavy atom. The van der Waals surface area contributed by atoms with Crippen LogP contribution >= 0.6 is 0 Å². The summed E-state index contributed by atoms with van der Waals surface area (Å²) in [7, 11) is 0. The predicted octanol–water partition coefficient (Wildman–Crippen LogP) is 0.564. The molecule has 1 aromatic carbocycles. The summed E-state index contributed by atoms with van der Waals surface area (Å²) in [4.78, 5) is 11.3. The van der Waals surface area contributed by atoms with Crippen LogP contribution in [0.2, 0.25) is 0 Å². The molecular weight excluding hydrogens is 182 g/mol. The predicted molar refractivity (Wildman–Crippen MR) is 50.0 cm³/mol. The minimum Gasteiger partial charge on any atom is -0.507 e. The molecule has 0 spiro atoms. The molecule has 4 nitrogen and oxygen atoms in total. The van der Waals surface area contributed by atoms with Crippen LogP contribution in [0.1, 0.15) is 21.5 Å². The molecule has 74 valence electrons. The second-order valence-corrected chi connectivity index (χ2v) is 3.26. The van der Waals surface area contributed by atoms with Crippen molar-refractivity contribution in [3.05, 3.63) is 28.8 Å². The maximum Gasteiger partial charge on any atom is 0.180 e. The number of carbonyl (C=O) groups excluding carboxylic acids is 1. The van der Waals surface area contributed by atoms with E-state index >= 15 is 0 Å². The third kappa shape index (κ3) is 1.38. The SMILES string of the molecule is NCC(=O)c1cc2c(cc1O)COC2. The molecule has 3 N–H and O–H groups in total. The van der Waals surface area contributed by atoms with Crippen molar-refractivity contribution in [2.24, 2.45) is 5.73 Å². The fraction of sp³-hybridized carbons (Fsp3) is 0.300. The second-order valence-electron chi connectivity index (χ2n) is 3.26. The summed E-state index contributed by atoms with van der Waals surface area (Å²) in [5.74, 6) is -0.262. The van der Waals surface area contributed by atoms with Crippen molar-refractivity contribution in [2.75, 3.05) is 6.54 Å². The van der Waals surface area contributed by atoms with Crippen molar-refractivity contribution in [2.45, 2.75) is 13.2 Å². The minimum absolute atomic E-state index is 0.00954. The molecule has 1 heterocycles. The Kier molecular flexibility index (Phi) is 2.23. The van der Waals surface area contributed by atoms with Crippen LogP contribution in [0.5, 0.6) is 5.75 Å². The first-order chi connectivity index (χ1) is 6.72. The number of hydrogen-bond acceptors (Lipinski definition) is 4. The third-order valence-electron chi connectivity index (χ3n) is 2.32. The monoisotopic (exact) mass is 193 g/mol. The standard InChI is InChI=1S/C10H11NO3/c11-3-10(13)8-1-6-4-14-5-7(6)2-9(8)12/h1-2,12H,3-5,11H2. The number of ketones is 1. The lowest BCUT2D eigenvalue weighted by Gasteiger charge is -2.04. The lowest BCUT2D eigenvalue weighted by atomic mass is 10.0. The summed E-state index contributed by atoms with van der Waals surface area (Å²) >= 11 is 0. The van der Waals surface area contributed by atoms with Crippen molar-refractivity contribution in [3.63, 3.8) is 0 Å². The zero-order valence-electron chi connectivity index (χ0n) is 7.62. The van der Waals surface area contributed by atoms with Crippen LogP contribution in [0.3, 0.4) is 0 Å². The molecule has 0 radical (unpaired) electrons. The summed E-state index contributed by atoms with van der Waals surface area (Å²) in [6.07, 6.45) is 0. The van der Waals surface area contributed by atoms with Gasteiger partial charge in [0.05, 0.1) is 25.3 Å². The van der Waals surface area contributed by atoms with Gasteiger partial charge >= 0.3 is 0 Å². The zero-order chi connectivity index (χ0) is 10.1. The van der Waals surface area contributed by atoms with Gasteiger partial charge in [-0.15, -0.1) is 0 Å². The lowest BCUT2D eigenvalue weighted by molar-refractivity contribution is 0.0998. The van der Waals surface area contributed by atoms with Crippen molar-refractivity contribution < 1.29 is 14.6 Å². The van der Waals surface area contributed by atoms with Gasteiger partial charge in [0.15, 0.2) is 5.78 Å². The molecule has 0 bridgehead atoms. The molecule has 0 fully saturated rings. The van der Waals surface area contributed by atoms with E-state index in [0.717, 1.165) is 11.1 Å². The van der Waals surface area contributed by atoms with Crippen molar-refractivity contribution in [3.8, 4) is 5.75 Å². The Bertz CT molecular complexity index is 387. The number of hydrogen-bond donors (Lipinski definition) is 2. The minimum atomic E-state index is -0.253. The third-order valence-corrected chi connectivity index (χ3v) is 2.32. The van der Waals surface area contributed by atoms with Gasteiger partial charge in [-0.3, -0.25) is 4.79 Å². The first-order valence-corrected chi connectivity index (χ1v) is 4.38. The molecule has 1 aliphatic heterocycles. The Morgan fingerprint density at radius 3 is 2.71 bits per heavy atom. The number of nitrogens with two attached hydrogens (primary N) is 1. The van der Waals surface area contributed by atoms with Gasteiger partial charge in [-0.2, -0.15) is 0 Å². The van der Waals surface area contributed by atoms with Crippen LogP contribution < -0.4 is 5.73 Å². The number of aromatic hydroxyl groups is 1. The van der Waals surface area contributed by atoms with Gasteiger partial charge in [0, 0.05) is 0 Å². The van der Waals surface area contributed by atoms with Gasteiger partial charge in [-0.25, -0.2) is 0 Å². The van der Waals surface area contributed by atoms with Gasteiger partial charge in [0.25, 0.3) is 0 Å². The van der Waals surface area contributed by atoms with Crippen LogP contribution in [-0.4, -0.2) is 17.4 Å². The highest BCUT2D eigenvalue weighted by atomic mass is 16.5. The number of carbonyl (C=O) groups is 1. The van der Waals surface area contributed by atoms with E-state index in [2.05, 4.69) is 0 Å². The van der Waals surface area contributed by atoms with E-state index in [1.165, 1.54) is 0 Å². The molecule has 1 aliphatic rings. The van der Waals surface area contributed by atoms with Crippen LogP contribution in [0.25, 0.3) is 0 Å². The van der Waals surface area contributed by atoms with Crippen molar-refractivity contribution in [1.29, 1.82) is 0 Å². The molecule has 0 unspecified atom stereocenters. The average molecular weight is 193 g/mol. The molecule has 0 aliphatic carbocycles. The van der Waals surface area contributed by atoms with Crippen LogP contribution in [0, 0.1) is 0 Å². The van der Waals surface area contributed by atoms with Gasteiger partial charge in [-0.05, 0) is 23.3 Å². The fourth-order valence-electron chi connectivity index (χ4n) is 1.55. The number of phenolic OH excluding ortho intramolecular Hbond substituents is 1. The number of benzene rings is 1. The Hall–Kier alpha value is -1.39. The first kappa shape index (κ1) is 9.18. The number of fused-ring (bicyclic) bond motifs is 1. The smallest absolute Gasteiger partial charge is 0.180 e. The molecule has 0 saturated heterocycles. The van der Waals surface area contributed by atoms with Gasteiger partial charge in [0.1, 0.15) is 5.75 Å². The van der Waals surface area contributed by atoms with E-state index in [1.807, 2.05) is 0 Å². The Morgan fingerprint density at radius 1 is 1.43 bits per heavy atom. The highest BCUT2D eigenvalue weighted by Crippen LogP contribution is 2.27. The molecule has 1 aromatic rings. The van der Waals surface area contributed by atoms with E-state index in [9.17, 15) is 9.90 Å². The highest BCUT2D eigenvalue weighted by molar-refractivity contribution is 6.00. The van der Waals surface area contributed by atoms with Crippen LogP contribution in [0.15, 0.2) is 12.1 Å². The average Bonchev–Trinajstić information content (AvgIpc) is 2.62. The zero-order valence-corrected chi connectivity index (χ0v) is 7.62. The Balaban J connectivity index is 2.47. The number of Topliss-reactive ketones (excluding diaryl/α,β-unsaturated/α-hetero) is 1. The number of ether oxygens (including phenoxy) is 1. The van der Waals surface area contributed by atoms with Gasteiger partial charge in [-0.1, -0.05) is 0 Å². The van der Waals surface area contributed by atoms with E-state index in [1.54, 1.807) is 12.1 Å². The van der Waals surface area contributed by atoms with Crippen molar-refractivity contribution >= 4 is 5.78 Å². The van der Waals surface area contributed by atoms with Gasteiger partial charge < -0.3 is 15.6 Å². The van der Waals surface area contributed by atoms with Crippen LogP contribution in [-0.2, 0) is 18.0 Å². The largest absolute Gasteiger partial charge is 0.507 e. The molecule has 0 saturated carbocycles. The number of phenols is 1. The maximum atomic E-state index is 11.3. The van der Waals surface area contributed by atoms with E-state index in [4.69, 9.17) is 10.5 Å². The van der Waals surface area contributed by atoms with E-state index in [0.29, 0.717) is 13.2 Å². The quantitative estimate of drug-likeness (QED) is 0.673. The summed E-state index contributed by atoms with van der Waals surface area (Å²) in [6, 6.07) is 3.23. The van der Waals surface area contributed by atoms with Gasteiger partial charge in [0.2, 0.25) is 0 Å². The molecule has 2 rings (SSSR count). The fourth-order valence-corrected chi connectivity index (χ4v) is 1.55. The van der Waals surface area contributed by atoms with Crippen LogP contribution in [0.4, 0.5) is 0 Å². The molecular formula is C10H11NO3. The summed E-state index contributed by atoms with van der Waals surface area (Å²) in [5, 5.41) is 9.54. The molecule has 0 atom stereocenters. The van der Waals surface area contributed by atoms with E-state index in [-0.39, 0.29) is 23.6 Å². The number of rotatable bonds is 2. The van der Waals surface area contributed by atoms with E-state index < -0.39 is 0 Å². The molecule has 14 heavy (non-hydrogen) atoms. The Labute approximate surface area is 81.3 Å². The molecule has 0 amide bonds. The summed E-state index contributed by atoms with van der Waals surface area (Å²) in [5.41, 5.74) is 7.41. The molecule has 0 aromatic heterocycles. The first-order valence-electron chi connectivity index (χ1n) is 4.38. The summed E-state index contributed by atoms with van der Waals surface area (Å²) in [6.45, 7) is 0.910. The highest BCUT2D eigenvalue weighted by Gasteiger charge is 2.17. The van der Waals surface area contributed by atoms with Crippen molar-refractivity contribution in [1.82, 2.24) is 0 Å². The normalized spacial score (nSPS) is 14.1. The lowest BCUT2D eigenvalue weighted by Crippen LogP contribution is -2.14. The topological polar surface area (TPSA) is 72.6 Å². The summed E-state index contributed by atoms with van der Waals surface area (Å²) < 4.78 is 5.18. The second kappa shape index (κ2) is 3.40. The molecule has 4 heteroatoms.